The number of halogens is 1. The van der Waals surface area contributed by atoms with Gasteiger partial charge in [-0.25, -0.2) is 4.98 Å². The molecule has 2 heterocycles. The first-order valence-electron chi connectivity index (χ1n) is 8.65. The van der Waals surface area contributed by atoms with Crippen LogP contribution in [0.25, 0.3) is 10.9 Å². The van der Waals surface area contributed by atoms with E-state index in [1.807, 2.05) is 31.3 Å². The Hall–Kier alpha value is -2.57. The first-order chi connectivity index (χ1) is 12.6. The number of likely N-dealkylation sites (N-methyl/N-ethyl adjacent to an activating group) is 1. The van der Waals surface area contributed by atoms with Crippen LogP contribution in [0.3, 0.4) is 0 Å². The van der Waals surface area contributed by atoms with Gasteiger partial charge in [-0.2, -0.15) is 4.98 Å². The summed E-state index contributed by atoms with van der Waals surface area (Å²) in [4.78, 5) is 11.8. The molecule has 134 valence electrons. The van der Waals surface area contributed by atoms with E-state index < -0.39 is 0 Å². The molecule has 0 unspecified atom stereocenters. The molecule has 0 radical (unpaired) electrons. The van der Waals surface area contributed by atoms with E-state index in [1.54, 1.807) is 12.1 Å². The molecule has 1 saturated heterocycles. The fraction of sp³-hybridized carbons (Fsp3) is 0.263. The minimum absolute atomic E-state index is 0.483. The molecule has 1 aliphatic rings. The van der Waals surface area contributed by atoms with Gasteiger partial charge >= 0.3 is 0 Å². The van der Waals surface area contributed by atoms with E-state index in [1.165, 1.54) is 0 Å². The Morgan fingerprint density at radius 2 is 2.04 bits per heavy atom. The van der Waals surface area contributed by atoms with Crippen LogP contribution in [0.2, 0.25) is 5.02 Å². The molecule has 26 heavy (non-hydrogen) atoms. The van der Waals surface area contributed by atoms with Crippen molar-refractivity contribution in [3.05, 3.63) is 47.5 Å². The molecule has 1 aliphatic heterocycles. The number of hydrogen-bond donors (Lipinski definition) is 3. The third kappa shape index (κ3) is 3.25. The molecule has 0 spiro atoms. The normalized spacial score (nSPS) is 17.0. The number of anilines is 4. The Balaban J connectivity index is 1.72. The highest BCUT2D eigenvalue weighted by molar-refractivity contribution is 6.33. The molecular weight excluding hydrogens is 348 g/mol. The van der Waals surface area contributed by atoms with E-state index in [2.05, 4.69) is 26.6 Å². The van der Waals surface area contributed by atoms with Crippen molar-refractivity contribution in [3.63, 3.8) is 0 Å². The second kappa shape index (κ2) is 6.97. The van der Waals surface area contributed by atoms with Crippen molar-refractivity contribution in [1.82, 2.24) is 15.3 Å². The Morgan fingerprint density at radius 1 is 1.19 bits per heavy atom. The number of para-hydroxylation sites is 1. The van der Waals surface area contributed by atoms with Gasteiger partial charge in [-0.1, -0.05) is 23.7 Å². The fourth-order valence-electron chi connectivity index (χ4n) is 3.30. The van der Waals surface area contributed by atoms with Gasteiger partial charge in [0.1, 0.15) is 5.82 Å². The molecule has 0 amide bonds. The van der Waals surface area contributed by atoms with Crippen LogP contribution < -0.4 is 21.3 Å². The van der Waals surface area contributed by atoms with E-state index in [-0.39, 0.29) is 0 Å². The second-order valence-corrected chi connectivity index (χ2v) is 6.88. The molecular formula is C19H21ClN6. The number of nitrogen functional groups attached to an aromatic ring is 1. The van der Waals surface area contributed by atoms with Gasteiger partial charge in [-0.3, -0.25) is 0 Å². The first kappa shape index (κ1) is 16.9. The summed E-state index contributed by atoms with van der Waals surface area (Å²) in [6, 6.07) is 14.0. The highest BCUT2D eigenvalue weighted by Gasteiger charge is 2.24. The summed E-state index contributed by atoms with van der Waals surface area (Å²) in [5, 5.41) is 8.19. The lowest BCUT2D eigenvalue weighted by molar-refractivity contribution is 0.616. The third-order valence-electron chi connectivity index (χ3n) is 4.73. The number of nitrogens with zero attached hydrogens (tertiary/aromatic N) is 3. The zero-order valence-corrected chi connectivity index (χ0v) is 15.3. The Kier molecular flexibility index (Phi) is 4.53. The van der Waals surface area contributed by atoms with Crippen molar-refractivity contribution in [2.45, 2.75) is 12.5 Å². The number of fused-ring (bicyclic) bond motifs is 1. The summed E-state index contributed by atoms with van der Waals surface area (Å²) in [5.74, 6) is 1.51. The Bertz CT molecular complexity index is 944. The van der Waals surface area contributed by atoms with Crippen LogP contribution in [0, 0.1) is 0 Å². The summed E-state index contributed by atoms with van der Waals surface area (Å²) in [6.45, 7) is 1.91. The number of hydrogen-bond acceptors (Lipinski definition) is 6. The van der Waals surface area contributed by atoms with Gasteiger partial charge in [0.2, 0.25) is 5.95 Å². The fourth-order valence-corrected chi connectivity index (χ4v) is 3.41. The van der Waals surface area contributed by atoms with Crippen molar-refractivity contribution in [1.29, 1.82) is 0 Å². The number of nitrogens with two attached hydrogens (primary N) is 1. The molecule has 3 aromatic rings. The first-order valence-corrected chi connectivity index (χ1v) is 9.03. The van der Waals surface area contributed by atoms with Gasteiger partial charge in [0.15, 0.2) is 0 Å². The molecule has 1 atom stereocenters. The van der Waals surface area contributed by atoms with E-state index in [9.17, 15) is 0 Å². The zero-order valence-electron chi connectivity index (χ0n) is 14.5. The van der Waals surface area contributed by atoms with Crippen molar-refractivity contribution < 1.29 is 0 Å². The summed E-state index contributed by atoms with van der Waals surface area (Å²) >= 11 is 6.00. The van der Waals surface area contributed by atoms with Crippen LogP contribution in [-0.2, 0) is 0 Å². The minimum atomic E-state index is 0.483. The molecule has 0 bridgehead atoms. The van der Waals surface area contributed by atoms with Gasteiger partial charge in [0, 0.05) is 30.2 Å². The Morgan fingerprint density at radius 3 is 2.81 bits per heavy atom. The van der Waals surface area contributed by atoms with E-state index in [4.69, 9.17) is 22.3 Å². The maximum Gasteiger partial charge on any atom is 0.229 e. The predicted octanol–water partition coefficient (Wildman–Crippen LogP) is 3.41. The lowest BCUT2D eigenvalue weighted by atomic mass is 10.2. The average Bonchev–Trinajstić information content (AvgIpc) is 3.13. The summed E-state index contributed by atoms with van der Waals surface area (Å²) < 4.78 is 0. The molecule has 1 fully saturated rings. The average molecular weight is 369 g/mol. The number of aromatic nitrogens is 2. The summed E-state index contributed by atoms with van der Waals surface area (Å²) in [7, 11) is 2.00. The quantitative estimate of drug-likeness (QED) is 0.612. The number of nitrogens with one attached hydrogen (secondary N) is 2. The molecule has 7 heteroatoms. The van der Waals surface area contributed by atoms with Crippen LogP contribution in [0.5, 0.6) is 0 Å². The lowest BCUT2D eigenvalue weighted by Crippen LogP contribution is -2.30. The third-order valence-corrected chi connectivity index (χ3v) is 5.08. The zero-order chi connectivity index (χ0) is 18.1. The molecule has 4 N–H and O–H groups in total. The van der Waals surface area contributed by atoms with Gasteiger partial charge in [0.05, 0.1) is 16.2 Å². The van der Waals surface area contributed by atoms with Crippen LogP contribution in [0.1, 0.15) is 6.42 Å². The van der Waals surface area contributed by atoms with Gasteiger partial charge in [-0.15, -0.1) is 0 Å². The van der Waals surface area contributed by atoms with Gasteiger partial charge in [-0.05, 0) is 43.8 Å². The van der Waals surface area contributed by atoms with Crippen LogP contribution in [-0.4, -0.2) is 36.1 Å². The second-order valence-electron chi connectivity index (χ2n) is 6.47. The van der Waals surface area contributed by atoms with Crippen LogP contribution in [0.4, 0.5) is 23.1 Å². The number of rotatable bonds is 4. The molecule has 2 aromatic carbocycles. The maximum absolute atomic E-state index is 6.00. The van der Waals surface area contributed by atoms with Gasteiger partial charge < -0.3 is 21.3 Å². The highest BCUT2D eigenvalue weighted by Crippen LogP contribution is 2.30. The lowest BCUT2D eigenvalue weighted by Gasteiger charge is -2.20. The Labute approximate surface area is 157 Å². The predicted molar refractivity (Wildman–Crippen MR) is 108 cm³/mol. The summed E-state index contributed by atoms with van der Waals surface area (Å²) in [6.07, 6.45) is 1.10. The van der Waals surface area contributed by atoms with E-state index in [0.717, 1.165) is 41.9 Å². The summed E-state index contributed by atoms with van der Waals surface area (Å²) in [5.41, 5.74) is 8.14. The van der Waals surface area contributed by atoms with E-state index >= 15 is 0 Å². The van der Waals surface area contributed by atoms with E-state index in [0.29, 0.717) is 22.7 Å². The molecule has 1 aromatic heterocycles. The maximum atomic E-state index is 6.00. The molecule has 0 saturated carbocycles. The topological polar surface area (TPSA) is 79.1 Å². The molecule has 6 nitrogen and oxygen atoms in total. The van der Waals surface area contributed by atoms with Crippen molar-refractivity contribution >= 4 is 45.6 Å². The standard InChI is InChI=1S/C19H21ClN6/c1-22-13-8-9-26(11-13)18-14-4-2-3-5-17(14)24-19(25-18)23-12-6-7-15(20)16(21)10-12/h2-7,10,13,22H,8-9,11,21H2,1H3,(H,23,24,25)/t13-/m0/s1. The van der Waals surface area contributed by atoms with Crippen molar-refractivity contribution in [3.8, 4) is 0 Å². The molecule has 0 aliphatic carbocycles. The van der Waals surface area contributed by atoms with Crippen LogP contribution >= 0.6 is 11.6 Å². The van der Waals surface area contributed by atoms with Crippen LogP contribution in [0.15, 0.2) is 42.5 Å². The van der Waals surface area contributed by atoms with Gasteiger partial charge in [0.25, 0.3) is 0 Å². The monoisotopic (exact) mass is 368 g/mol. The highest BCUT2D eigenvalue weighted by atomic mass is 35.5. The smallest absolute Gasteiger partial charge is 0.229 e. The minimum Gasteiger partial charge on any atom is -0.397 e. The van der Waals surface area contributed by atoms with Crippen molar-refractivity contribution in [2.24, 2.45) is 0 Å². The molecule has 4 rings (SSSR count). The largest absolute Gasteiger partial charge is 0.397 e. The SMILES string of the molecule is CN[C@H]1CCN(c2nc(Nc3ccc(Cl)c(N)c3)nc3ccccc23)C1. The van der Waals surface area contributed by atoms with Crippen molar-refractivity contribution in [2.75, 3.05) is 36.1 Å². The number of benzene rings is 2.